The van der Waals surface area contributed by atoms with Crippen molar-refractivity contribution >= 4 is 29.2 Å². The van der Waals surface area contributed by atoms with Gasteiger partial charge < -0.3 is 20.0 Å². The van der Waals surface area contributed by atoms with Crippen LogP contribution in [0.15, 0.2) is 109 Å². The number of anilines is 1. The molecule has 9 nitrogen and oxygen atoms in total. The summed E-state index contributed by atoms with van der Waals surface area (Å²) in [5.41, 5.74) is 1.13. The van der Waals surface area contributed by atoms with Crippen molar-refractivity contribution in [1.29, 1.82) is 5.39 Å². The monoisotopic (exact) mass is 588 g/mol. The molecule has 0 spiro atoms. The molecule has 4 aromatic rings. The van der Waals surface area contributed by atoms with E-state index in [2.05, 4.69) is 10.3 Å². The van der Waals surface area contributed by atoms with Crippen molar-refractivity contribution in [3.63, 3.8) is 0 Å². The quantitative estimate of drug-likeness (QED) is 0.233. The highest BCUT2D eigenvalue weighted by Crippen LogP contribution is 2.46. The second-order valence-corrected chi connectivity index (χ2v) is 9.49. The molecule has 1 aliphatic heterocycles. The third-order valence-corrected chi connectivity index (χ3v) is 6.53. The largest absolute Gasteiger partial charge is 0.542 e. The first-order valence-corrected chi connectivity index (χ1v) is 12.7. The van der Waals surface area contributed by atoms with Gasteiger partial charge in [0.15, 0.2) is 4.98 Å². The molecule has 0 unspecified atom stereocenters. The predicted octanol–water partition coefficient (Wildman–Crippen LogP) is 5.54. The maximum atomic E-state index is 13.5. The molecule has 2 atom stereocenters. The Labute approximate surface area is 243 Å². The van der Waals surface area contributed by atoms with Crippen LogP contribution in [0.25, 0.3) is 4.98 Å². The van der Waals surface area contributed by atoms with E-state index >= 15 is 0 Å². The van der Waals surface area contributed by atoms with E-state index in [4.69, 9.17) is 20.0 Å². The maximum Gasteiger partial charge on any atom is 0.430 e. The minimum Gasteiger partial charge on any atom is -0.542 e. The zero-order valence-corrected chi connectivity index (χ0v) is 22.5. The molecule has 0 aliphatic carbocycles. The number of aliphatic carboxylic acids is 1. The number of amides is 2. The van der Waals surface area contributed by atoms with Crippen LogP contribution in [0, 0.1) is 5.39 Å². The van der Waals surface area contributed by atoms with E-state index < -0.39 is 29.6 Å². The van der Waals surface area contributed by atoms with Crippen LogP contribution >= 0.6 is 0 Å². The van der Waals surface area contributed by atoms with Crippen molar-refractivity contribution in [2.24, 2.45) is 0 Å². The minimum absolute atomic E-state index is 0.210. The molecule has 0 radical (unpaired) electrons. The second kappa shape index (κ2) is 12.4. The van der Waals surface area contributed by atoms with E-state index in [1.165, 1.54) is 12.1 Å². The van der Waals surface area contributed by atoms with Crippen molar-refractivity contribution in [2.75, 3.05) is 4.90 Å². The van der Waals surface area contributed by atoms with Crippen LogP contribution in [-0.2, 0) is 9.59 Å². The zero-order valence-electron chi connectivity index (χ0n) is 22.5. The van der Waals surface area contributed by atoms with Gasteiger partial charge in [-0.2, -0.15) is 13.2 Å². The van der Waals surface area contributed by atoms with Gasteiger partial charge in [-0.05, 0) is 61.0 Å². The maximum absolute atomic E-state index is 13.5. The van der Waals surface area contributed by atoms with E-state index in [9.17, 15) is 22.8 Å². The highest BCUT2D eigenvalue weighted by molar-refractivity contribution is 6.12. The summed E-state index contributed by atoms with van der Waals surface area (Å²) in [7, 11) is 0. The molecule has 2 amide bonds. The van der Waals surface area contributed by atoms with E-state index in [1.807, 2.05) is 84.9 Å². The van der Waals surface area contributed by atoms with E-state index in [-0.39, 0.29) is 5.91 Å². The highest BCUT2D eigenvalue weighted by Gasteiger charge is 2.59. The summed E-state index contributed by atoms with van der Waals surface area (Å²) in [6.07, 6.45) is -5.19. The Balaban J connectivity index is 0.000000541. The topological polar surface area (TPSA) is 127 Å². The molecule has 218 valence electrons. The first kappa shape index (κ1) is 30.3. The van der Waals surface area contributed by atoms with Crippen LogP contribution in [0.2, 0.25) is 0 Å². The number of carboxylic acids is 1. The van der Waals surface area contributed by atoms with Crippen molar-refractivity contribution < 1.29 is 37.4 Å². The molecule has 1 saturated heterocycles. The van der Waals surface area contributed by atoms with Gasteiger partial charge in [-0.25, -0.2) is 0 Å². The fraction of sp³-hybridized carbons (Fsp3) is 0.129. The molecule has 1 N–H and O–H groups in total. The van der Waals surface area contributed by atoms with E-state index in [1.54, 1.807) is 24.0 Å². The van der Waals surface area contributed by atoms with Gasteiger partial charge in [-0.15, -0.1) is 0 Å². The lowest BCUT2D eigenvalue weighted by Crippen LogP contribution is -2.74. The smallest absolute Gasteiger partial charge is 0.430 e. The van der Waals surface area contributed by atoms with Gasteiger partial charge >= 0.3 is 11.9 Å². The van der Waals surface area contributed by atoms with Gasteiger partial charge in [0.05, 0.1) is 6.04 Å². The number of nitrogens with zero attached hydrogens (tertiary/aromatic N) is 3. The Kier molecular flexibility index (Phi) is 8.76. The molecule has 5 rings (SSSR count). The fourth-order valence-corrected chi connectivity index (χ4v) is 4.47. The molecular formula is C31H23F3N4O5. The van der Waals surface area contributed by atoms with Crippen LogP contribution in [0.3, 0.4) is 0 Å². The third-order valence-electron chi connectivity index (χ3n) is 6.53. The van der Waals surface area contributed by atoms with Gasteiger partial charge in [-0.3, -0.25) is 14.5 Å². The Morgan fingerprint density at radius 3 is 1.91 bits per heavy atom. The van der Waals surface area contributed by atoms with Gasteiger partial charge in [0, 0.05) is 23.4 Å². The molecule has 0 aromatic heterocycles. The van der Waals surface area contributed by atoms with Crippen LogP contribution in [0.4, 0.5) is 24.5 Å². The Bertz CT molecular complexity index is 1640. The number of carboxylic acid groups (broad SMARTS) is 1. The number of carbonyl (C=O) groups is 3. The summed E-state index contributed by atoms with van der Waals surface area (Å²) in [4.78, 5) is 40.2. The van der Waals surface area contributed by atoms with E-state index in [0.29, 0.717) is 17.0 Å². The van der Waals surface area contributed by atoms with Crippen molar-refractivity contribution in [3.05, 3.63) is 125 Å². The SMILES string of the molecule is C[C@]1(NC(=O)c2ccc([N+]#N)cc2)C(=O)N(c2ccccc2)[C@@H]1c1ccc(Oc2ccccc2)cc1.O=C([O-])C(F)(F)F. The number of β-lactam (4-membered cyclic amide) rings is 1. The van der Waals surface area contributed by atoms with Gasteiger partial charge in [0.2, 0.25) is 5.39 Å². The second-order valence-electron chi connectivity index (χ2n) is 9.49. The third kappa shape index (κ3) is 6.79. The Hall–Kier alpha value is -5.70. The van der Waals surface area contributed by atoms with E-state index in [0.717, 1.165) is 17.0 Å². The normalized spacial score (nSPS) is 17.4. The first-order valence-electron chi connectivity index (χ1n) is 12.7. The molecule has 43 heavy (non-hydrogen) atoms. The summed E-state index contributed by atoms with van der Waals surface area (Å²) in [6, 6.07) is 32.1. The highest BCUT2D eigenvalue weighted by atomic mass is 19.4. The first-order chi connectivity index (χ1) is 20.4. The van der Waals surface area contributed by atoms with Crippen LogP contribution < -0.4 is 20.1 Å². The van der Waals surface area contributed by atoms with Crippen LogP contribution in [-0.4, -0.2) is 29.5 Å². The lowest BCUT2D eigenvalue weighted by atomic mass is 9.75. The lowest BCUT2D eigenvalue weighted by molar-refractivity contribution is -0.344. The van der Waals surface area contributed by atoms with Crippen molar-refractivity contribution in [1.82, 2.24) is 5.32 Å². The molecule has 4 aromatic carbocycles. The molecule has 1 heterocycles. The number of halogens is 3. The number of hydrogen-bond acceptors (Lipinski definition) is 6. The predicted molar refractivity (Wildman–Crippen MR) is 148 cm³/mol. The standard InChI is InChI=1S/C29H22N4O3.C2HF3O2/c1-29(31-27(34)21-12-16-22(32-30)17-13-21)26(33(28(29)35)23-8-4-2-5-9-23)20-14-18-25(19-15-20)36-24-10-6-3-7-11-24;3-2(4,5)1(6)7/h2-19,26H,1H3;(H,6,7)/t26-,29-;/m1./s1. The number of hydrogen-bond donors (Lipinski definition) is 1. The number of carbonyl (C=O) groups excluding carboxylic acids is 3. The number of benzene rings is 4. The Morgan fingerprint density at radius 2 is 1.40 bits per heavy atom. The number of ether oxygens (including phenoxy) is 1. The summed E-state index contributed by atoms with van der Waals surface area (Å²) < 4.78 is 37.5. The number of para-hydroxylation sites is 2. The lowest BCUT2D eigenvalue weighted by Gasteiger charge is -2.54. The molecule has 1 aliphatic rings. The average Bonchev–Trinajstić information content (AvgIpc) is 3.01. The summed E-state index contributed by atoms with van der Waals surface area (Å²) in [5, 5.41) is 20.6. The fourth-order valence-electron chi connectivity index (χ4n) is 4.47. The number of alkyl halides is 3. The van der Waals surface area contributed by atoms with Crippen LogP contribution in [0.5, 0.6) is 11.5 Å². The summed E-state index contributed by atoms with van der Waals surface area (Å²) >= 11 is 0. The molecule has 12 heteroatoms. The Morgan fingerprint density at radius 1 is 0.884 bits per heavy atom. The van der Waals surface area contributed by atoms with Crippen molar-refractivity contribution in [2.45, 2.75) is 24.7 Å². The van der Waals surface area contributed by atoms with Crippen molar-refractivity contribution in [3.8, 4) is 11.5 Å². The number of nitrogens with one attached hydrogen (secondary N) is 1. The average molecular weight is 589 g/mol. The molecule has 0 bridgehead atoms. The zero-order chi connectivity index (χ0) is 31.2. The summed E-state index contributed by atoms with van der Waals surface area (Å²) in [5.74, 6) is -2.21. The molecular weight excluding hydrogens is 565 g/mol. The van der Waals surface area contributed by atoms with Gasteiger partial charge in [0.25, 0.3) is 11.8 Å². The van der Waals surface area contributed by atoms with Crippen LogP contribution in [0.1, 0.15) is 28.9 Å². The molecule has 1 fully saturated rings. The number of rotatable bonds is 6. The van der Waals surface area contributed by atoms with Gasteiger partial charge in [-0.1, -0.05) is 48.5 Å². The van der Waals surface area contributed by atoms with Gasteiger partial charge in [0.1, 0.15) is 23.0 Å². The summed E-state index contributed by atoms with van der Waals surface area (Å²) in [6.45, 7) is 1.74. The molecule has 0 saturated carbocycles. The minimum atomic E-state index is -5.19. The number of diazo groups is 1.